The van der Waals surface area contributed by atoms with E-state index in [-0.39, 0.29) is 47.1 Å². The highest BCUT2D eigenvalue weighted by Crippen LogP contribution is 2.65. The zero-order valence-corrected chi connectivity index (χ0v) is 36.1. The number of imide groups is 1. The zero-order chi connectivity index (χ0) is 47.3. The van der Waals surface area contributed by atoms with Crippen molar-refractivity contribution in [2.75, 3.05) is 19.1 Å². The van der Waals surface area contributed by atoms with Crippen molar-refractivity contribution in [1.82, 2.24) is 23.5 Å². The van der Waals surface area contributed by atoms with E-state index in [2.05, 4.69) is 4.98 Å². The summed E-state index contributed by atoms with van der Waals surface area (Å²) < 4.78 is 95.2. The van der Waals surface area contributed by atoms with Crippen LogP contribution < -0.4 is 36.0 Å². The maximum Gasteiger partial charge on any atom is 0.347 e. The van der Waals surface area contributed by atoms with Crippen LogP contribution >= 0.6 is 23.2 Å². The normalized spacial score (nSPS) is 21.1. The number of rotatable bonds is 10. The Labute approximate surface area is 378 Å². The largest absolute Gasteiger partial charge is 0.508 e. The Kier molecular flexibility index (Phi) is 10.7. The van der Waals surface area contributed by atoms with Gasteiger partial charge in [0.2, 0.25) is 5.82 Å². The lowest BCUT2D eigenvalue weighted by Crippen LogP contribution is -2.59. The molecule has 9 rings (SSSR count). The summed E-state index contributed by atoms with van der Waals surface area (Å²) in [6.07, 6.45) is 0.281. The van der Waals surface area contributed by atoms with Crippen LogP contribution in [0.2, 0.25) is 0 Å². The summed E-state index contributed by atoms with van der Waals surface area (Å²) >= 11 is 14.4. The Morgan fingerprint density at radius 3 is 2.14 bits per heavy atom. The van der Waals surface area contributed by atoms with Gasteiger partial charge in [-0.15, -0.1) is 23.2 Å². The lowest BCUT2D eigenvalue weighted by Gasteiger charge is -2.49. The highest BCUT2D eigenvalue weighted by Gasteiger charge is 2.76. The number of alkyl halides is 2. The molecule has 4 aromatic carbocycles. The summed E-state index contributed by atoms with van der Waals surface area (Å²) in [6.45, 7) is -0.734. The van der Waals surface area contributed by atoms with Crippen LogP contribution in [0.1, 0.15) is 35.2 Å². The third-order valence-electron chi connectivity index (χ3n) is 12.4. The Balaban J connectivity index is 1.15. The average Bonchev–Trinajstić information content (AvgIpc) is 3.64. The number of hydrogen-bond donors (Lipinski definition) is 1. The van der Waals surface area contributed by atoms with Gasteiger partial charge in [0.25, 0.3) is 17.4 Å². The first-order valence-electron chi connectivity index (χ1n) is 19.9. The van der Waals surface area contributed by atoms with E-state index in [1.807, 2.05) is 0 Å². The number of fused-ring (bicyclic) bond motifs is 5. The zero-order valence-electron chi connectivity index (χ0n) is 34.6. The predicted octanol–water partition coefficient (Wildman–Crippen LogP) is 5.50. The second-order valence-corrected chi connectivity index (χ2v) is 17.0. The molecule has 3 aliphatic rings. The van der Waals surface area contributed by atoms with Gasteiger partial charge < -0.3 is 23.9 Å². The van der Waals surface area contributed by atoms with Crippen LogP contribution in [-0.4, -0.2) is 64.4 Å². The molecule has 0 bridgehead atoms. The minimum atomic E-state index is -2.90. The van der Waals surface area contributed by atoms with E-state index < -0.39 is 104 Å². The van der Waals surface area contributed by atoms with Crippen LogP contribution in [-0.2, 0) is 42.8 Å². The molecule has 2 aromatic heterocycles. The second kappa shape index (κ2) is 15.9. The number of aromatic nitrogens is 5. The lowest BCUT2D eigenvalue weighted by molar-refractivity contribution is -0.122. The highest BCUT2D eigenvalue weighted by molar-refractivity contribution is 6.58. The molecule has 1 saturated heterocycles. The molecular formula is C44H33Cl2F5N6O9. The van der Waals surface area contributed by atoms with E-state index in [1.165, 1.54) is 44.0 Å². The van der Waals surface area contributed by atoms with Gasteiger partial charge in [-0.3, -0.25) is 14.4 Å². The molecule has 1 N–H and O–H groups in total. The fraction of sp³-hybridized carbons (Fsp3) is 0.273. The highest BCUT2D eigenvalue weighted by atomic mass is 35.5. The van der Waals surface area contributed by atoms with E-state index in [1.54, 1.807) is 42.5 Å². The van der Waals surface area contributed by atoms with Crippen molar-refractivity contribution in [3.05, 3.63) is 150 Å². The number of aromatic hydroxyl groups is 1. The molecule has 66 heavy (non-hydrogen) atoms. The Hall–Kier alpha value is -6.93. The number of aryl methyl sites for hydroxylation is 2. The van der Waals surface area contributed by atoms with Gasteiger partial charge >= 0.3 is 11.4 Å². The van der Waals surface area contributed by atoms with Crippen molar-refractivity contribution < 1.29 is 50.9 Å². The maximum atomic E-state index is 15.5. The minimum absolute atomic E-state index is 0.0173. The first-order chi connectivity index (χ1) is 31.4. The maximum absolute atomic E-state index is 15.5. The summed E-state index contributed by atoms with van der Waals surface area (Å²) in [5, 5.41) is 11.7. The number of halogens is 7. The van der Waals surface area contributed by atoms with Crippen LogP contribution in [0, 0.1) is 29.1 Å². The number of hydrogen-bond acceptors (Lipinski definition) is 10. The molecular weight excluding hydrogens is 922 g/mol. The molecule has 0 unspecified atom stereocenters. The average molecular weight is 956 g/mol. The number of amides is 2. The first-order valence-corrected chi connectivity index (χ1v) is 20.7. The molecule has 0 spiro atoms. The Morgan fingerprint density at radius 2 is 1.48 bits per heavy atom. The third kappa shape index (κ3) is 6.28. The van der Waals surface area contributed by atoms with Crippen molar-refractivity contribution in [3.63, 3.8) is 0 Å². The van der Waals surface area contributed by atoms with Crippen LogP contribution in [0.25, 0.3) is 11.0 Å². The molecule has 1 saturated carbocycles. The molecule has 2 amide bonds. The number of anilines is 1. The minimum Gasteiger partial charge on any atom is -0.508 e. The number of carbonyl (C=O) groups excluding carboxylic acids is 2. The molecule has 2 aliphatic heterocycles. The van der Waals surface area contributed by atoms with Crippen LogP contribution in [0.4, 0.5) is 27.6 Å². The van der Waals surface area contributed by atoms with E-state index in [9.17, 15) is 42.3 Å². The van der Waals surface area contributed by atoms with Gasteiger partial charge in [-0.05, 0) is 17.2 Å². The number of carbonyl (C=O) groups is 2. The smallest absolute Gasteiger partial charge is 0.347 e. The standard InChI is InChI=1S/C44H33Cl2F5N6O9/c1-53-26-17-30(65-3)29(64-2)16-25(26)52-24(38(53)59)12-13-54-41(62)55-14-11-22-27(57(55)42(54)63)18-43(45)39(60)56(37-35(50)33(48)32(47)34(49)36(37)51)40(61)44(43,46)31(22)23-10-9-21(15-28(23)58)66-19-20-7-5-4-6-8-20/h4-11,15-17,27,31,58H,12-14,18-19H2,1-3H3/t27-,31-,43-,44+/m1/s1. The van der Waals surface area contributed by atoms with Gasteiger partial charge in [-0.25, -0.2) is 55.4 Å². The van der Waals surface area contributed by atoms with Crippen molar-refractivity contribution in [1.29, 1.82) is 0 Å². The Morgan fingerprint density at radius 1 is 0.833 bits per heavy atom. The molecule has 2 fully saturated rings. The van der Waals surface area contributed by atoms with Crippen LogP contribution in [0.15, 0.2) is 86.7 Å². The van der Waals surface area contributed by atoms with Gasteiger partial charge in [-0.1, -0.05) is 42.5 Å². The SMILES string of the molecule is COc1cc2nc(CCn3c(=O)n4n(c3=O)[C@@H]3C[C@@]5(Cl)C(=O)N(c6c(F)c(F)c(F)c(F)c6F)C(=O)[C@@]5(Cl)[C@@H](c5ccc(OCc6ccccc6)cc5O)C3=CC4)c(=O)n(C)c2cc1OC. The molecule has 4 heterocycles. The molecule has 15 nitrogen and oxygen atoms in total. The fourth-order valence-electron chi connectivity index (χ4n) is 9.10. The van der Waals surface area contributed by atoms with Crippen molar-refractivity contribution in [2.24, 2.45) is 7.05 Å². The van der Waals surface area contributed by atoms with Gasteiger partial charge in [0.05, 0.1) is 37.8 Å². The number of phenols is 1. The molecule has 0 radical (unpaired) electrons. The number of benzene rings is 4. The number of ether oxygens (including phenoxy) is 3. The topological polar surface area (TPSA) is 169 Å². The molecule has 6 aromatic rings. The summed E-state index contributed by atoms with van der Waals surface area (Å²) in [4.78, 5) is 69.7. The summed E-state index contributed by atoms with van der Waals surface area (Å²) in [5.41, 5.74) is -3.14. The van der Waals surface area contributed by atoms with Gasteiger partial charge in [0, 0.05) is 56.1 Å². The van der Waals surface area contributed by atoms with Crippen LogP contribution in [0.5, 0.6) is 23.0 Å². The van der Waals surface area contributed by atoms with E-state index in [0.717, 1.165) is 25.6 Å². The molecule has 342 valence electrons. The van der Waals surface area contributed by atoms with Crippen molar-refractivity contribution in [2.45, 2.75) is 54.2 Å². The quantitative estimate of drug-likeness (QED) is 0.0463. The molecule has 22 heteroatoms. The summed E-state index contributed by atoms with van der Waals surface area (Å²) in [7, 11) is 4.34. The van der Waals surface area contributed by atoms with E-state index in [4.69, 9.17) is 37.4 Å². The number of allylic oxidation sites excluding steroid dienone is 2. The van der Waals surface area contributed by atoms with Crippen molar-refractivity contribution in [3.8, 4) is 23.0 Å². The number of methoxy groups -OCH3 is 2. The monoisotopic (exact) mass is 954 g/mol. The predicted molar refractivity (Wildman–Crippen MR) is 226 cm³/mol. The Bertz CT molecular complexity index is 3270. The van der Waals surface area contributed by atoms with E-state index >= 15 is 8.78 Å². The first kappa shape index (κ1) is 44.3. The number of phenolic OH excluding ortho intramolecular Hbond substituents is 1. The molecule has 4 atom stereocenters. The second-order valence-electron chi connectivity index (χ2n) is 15.7. The van der Waals surface area contributed by atoms with E-state index in [0.29, 0.717) is 22.5 Å². The van der Waals surface area contributed by atoms with Crippen LogP contribution in [0.3, 0.4) is 0 Å². The third-order valence-corrected chi connectivity index (χ3v) is 13.8. The molecule has 1 aliphatic carbocycles. The fourth-order valence-corrected chi connectivity index (χ4v) is 10.0. The lowest BCUT2D eigenvalue weighted by atomic mass is 9.64. The van der Waals surface area contributed by atoms with Gasteiger partial charge in [0.15, 0.2) is 44.5 Å². The van der Waals surface area contributed by atoms with Crippen molar-refractivity contribution >= 4 is 51.7 Å². The van der Waals surface area contributed by atoms with Gasteiger partial charge in [0.1, 0.15) is 29.5 Å². The summed E-state index contributed by atoms with van der Waals surface area (Å²) in [6, 6.07) is 14.4. The number of nitrogens with zero attached hydrogens (tertiary/aromatic N) is 6. The van der Waals surface area contributed by atoms with Gasteiger partial charge in [-0.2, -0.15) is 0 Å². The summed E-state index contributed by atoms with van der Waals surface area (Å²) in [5.74, 6) is -17.7.